The van der Waals surface area contributed by atoms with E-state index in [-0.39, 0.29) is 0 Å². The number of para-hydroxylation sites is 1. The highest BCUT2D eigenvalue weighted by Crippen LogP contribution is 2.09. The van der Waals surface area contributed by atoms with Crippen molar-refractivity contribution < 1.29 is 0 Å². The maximum absolute atomic E-state index is 5.82. The highest BCUT2D eigenvalue weighted by atomic mass is 32.2. The van der Waals surface area contributed by atoms with Crippen LogP contribution in [0.4, 0.5) is 5.69 Å². The second-order valence-corrected chi connectivity index (χ2v) is 4.39. The van der Waals surface area contributed by atoms with Gasteiger partial charge in [-0.15, -0.1) is 6.58 Å². The van der Waals surface area contributed by atoms with Crippen LogP contribution in [-0.4, -0.2) is 18.1 Å². The van der Waals surface area contributed by atoms with Gasteiger partial charge in [-0.25, -0.2) is 0 Å². The molecular weight excluding hydrogens is 204 g/mol. The number of rotatable bonds is 7. The molecule has 0 aliphatic heterocycles. The van der Waals surface area contributed by atoms with Crippen molar-refractivity contribution in [3.63, 3.8) is 0 Å². The third-order valence-corrected chi connectivity index (χ3v) is 2.99. The number of thioether (sulfide) groups is 1. The molecule has 2 nitrogen and oxygen atoms in total. The fraction of sp³-hybridized carbons (Fsp3) is 0.333. The summed E-state index contributed by atoms with van der Waals surface area (Å²) < 4.78 is 0. The van der Waals surface area contributed by atoms with E-state index >= 15 is 0 Å². The topological polar surface area (TPSA) is 38.0 Å². The van der Waals surface area contributed by atoms with E-state index in [2.05, 4.69) is 18.0 Å². The zero-order valence-corrected chi connectivity index (χ0v) is 9.72. The molecule has 82 valence electrons. The van der Waals surface area contributed by atoms with Gasteiger partial charge in [0.15, 0.2) is 0 Å². The normalized spacial score (nSPS) is 10.1. The van der Waals surface area contributed by atoms with E-state index in [4.69, 9.17) is 5.73 Å². The van der Waals surface area contributed by atoms with Gasteiger partial charge in [-0.3, -0.25) is 0 Å². The monoisotopic (exact) mass is 222 g/mol. The third kappa shape index (κ3) is 4.91. The molecule has 0 atom stereocenters. The van der Waals surface area contributed by atoms with Crippen LogP contribution in [0, 0.1) is 0 Å². The van der Waals surface area contributed by atoms with Gasteiger partial charge >= 0.3 is 0 Å². The van der Waals surface area contributed by atoms with E-state index in [1.165, 1.54) is 5.56 Å². The first-order valence-corrected chi connectivity index (χ1v) is 6.23. The minimum atomic E-state index is 0.849. The Morgan fingerprint density at radius 2 is 2.20 bits per heavy atom. The Balaban J connectivity index is 2.15. The van der Waals surface area contributed by atoms with Crippen LogP contribution in [0.2, 0.25) is 0 Å². The number of nitrogen functional groups attached to an aromatic ring is 1. The smallest absolute Gasteiger partial charge is 0.0359 e. The predicted molar refractivity (Wildman–Crippen MR) is 70.1 cm³/mol. The Kier molecular flexibility index (Phi) is 5.97. The maximum atomic E-state index is 5.82. The molecule has 0 amide bonds. The van der Waals surface area contributed by atoms with Crippen molar-refractivity contribution in [2.45, 2.75) is 6.54 Å². The predicted octanol–water partition coefficient (Wildman–Crippen LogP) is 2.28. The van der Waals surface area contributed by atoms with Crippen molar-refractivity contribution in [1.29, 1.82) is 0 Å². The zero-order valence-electron chi connectivity index (χ0n) is 8.91. The fourth-order valence-corrected chi connectivity index (χ4v) is 1.85. The first-order valence-electron chi connectivity index (χ1n) is 5.07. The summed E-state index contributed by atoms with van der Waals surface area (Å²) in [6, 6.07) is 7.96. The van der Waals surface area contributed by atoms with Gasteiger partial charge in [0.25, 0.3) is 0 Å². The van der Waals surface area contributed by atoms with Gasteiger partial charge in [0.05, 0.1) is 0 Å². The van der Waals surface area contributed by atoms with Gasteiger partial charge in [-0.1, -0.05) is 24.3 Å². The van der Waals surface area contributed by atoms with Crippen LogP contribution in [-0.2, 0) is 6.54 Å². The third-order valence-electron chi connectivity index (χ3n) is 2.03. The lowest BCUT2D eigenvalue weighted by Crippen LogP contribution is -2.17. The highest BCUT2D eigenvalue weighted by molar-refractivity contribution is 7.99. The van der Waals surface area contributed by atoms with Crippen LogP contribution < -0.4 is 11.1 Å². The largest absolute Gasteiger partial charge is 0.398 e. The molecule has 0 aliphatic carbocycles. The Hall–Kier alpha value is -0.930. The molecule has 0 heterocycles. The Morgan fingerprint density at radius 3 is 2.93 bits per heavy atom. The van der Waals surface area contributed by atoms with E-state index in [1.54, 1.807) is 0 Å². The molecule has 1 aromatic rings. The molecule has 0 spiro atoms. The van der Waals surface area contributed by atoms with Crippen LogP contribution in [0.25, 0.3) is 0 Å². The summed E-state index contributed by atoms with van der Waals surface area (Å²) in [6.07, 6.45) is 1.93. The SMILES string of the molecule is C=CCSCCNCc1ccccc1N. The average Bonchev–Trinajstić information content (AvgIpc) is 2.25. The maximum Gasteiger partial charge on any atom is 0.0359 e. The van der Waals surface area contributed by atoms with Crippen LogP contribution >= 0.6 is 11.8 Å². The molecule has 3 N–H and O–H groups in total. The van der Waals surface area contributed by atoms with Crippen LogP contribution in [0.15, 0.2) is 36.9 Å². The zero-order chi connectivity index (χ0) is 10.9. The molecule has 0 saturated heterocycles. The van der Waals surface area contributed by atoms with Gasteiger partial charge < -0.3 is 11.1 Å². The van der Waals surface area contributed by atoms with E-state index in [9.17, 15) is 0 Å². The van der Waals surface area contributed by atoms with Gasteiger partial charge in [-0.2, -0.15) is 11.8 Å². The van der Waals surface area contributed by atoms with Crippen molar-refractivity contribution in [3.05, 3.63) is 42.5 Å². The number of hydrogen-bond acceptors (Lipinski definition) is 3. The minimum Gasteiger partial charge on any atom is -0.398 e. The molecule has 0 unspecified atom stereocenters. The number of nitrogens with one attached hydrogen (secondary N) is 1. The molecule has 3 heteroatoms. The van der Waals surface area contributed by atoms with Crippen molar-refractivity contribution in [1.82, 2.24) is 5.32 Å². The second-order valence-electron chi connectivity index (χ2n) is 3.24. The van der Waals surface area contributed by atoms with Gasteiger partial charge in [0.2, 0.25) is 0 Å². The lowest BCUT2D eigenvalue weighted by molar-refractivity contribution is 0.733. The molecular formula is C12H18N2S. The molecule has 15 heavy (non-hydrogen) atoms. The van der Waals surface area contributed by atoms with E-state index in [1.807, 2.05) is 36.0 Å². The number of benzene rings is 1. The summed E-state index contributed by atoms with van der Waals surface area (Å²) in [6.45, 7) is 5.54. The summed E-state index contributed by atoms with van der Waals surface area (Å²) in [5.41, 5.74) is 7.86. The Bertz CT molecular complexity index is 299. The standard InChI is InChI=1S/C12H18N2S/c1-2-8-15-9-7-14-10-11-5-3-4-6-12(11)13/h2-6,14H,1,7-10,13H2. The lowest BCUT2D eigenvalue weighted by Gasteiger charge is -2.06. The fourth-order valence-electron chi connectivity index (χ4n) is 1.23. The first-order chi connectivity index (χ1) is 7.34. The highest BCUT2D eigenvalue weighted by Gasteiger charge is 1.95. The van der Waals surface area contributed by atoms with Crippen LogP contribution in [0.5, 0.6) is 0 Å². The molecule has 1 rings (SSSR count). The first kappa shape index (κ1) is 12.1. The van der Waals surface area contributed by atoms with Gasteiger partial charge in [0, 0.05) is 30.3 Å². The molecule has 0 fully saturated rings. The Morgan fingerprint density at radius 1 is 1.40 bits per heavy atom. The number of hydrogen-bond donors (Lipinski definition) is 2. The Labute approximate surface area is 95.9 Å². The van der Waals surface area contributed by atoms with Crippen molar-refractivity contribution in [2.24, 2.45) is 0 Å². The summed E-state index contributed by atoms with van der Waals surface area (Å²) in [4.78, 5) is 0. The summed E-state index contributed by atoms with van der Waals surface area (Å²) in [5.74, 6) is 2.13. The molecule has 0 saturated carbocycles. The van der Waals surface area contributed by atoms with E-state index in [0.29, 0.717) is 0 Å². The molecule has 0 aliphatic rings. The minimum absolute atomic E-state index is 0.849. The number of nitrogens with two attached hydrogens (primary N) is 1. The summed E-state index contributed by atoms with van der Waals surface area (Å²) in [5, 5.41) is 3.37. The molecule has 0 radical (unpaired) electrons. The second kappa shape index (κ2) is 7.37. The van der Waals surface area contributed by atoms with E-state index < -0.39 is 0 Å². The summed E-state index contributed by atoms with van der Waals surface area (Å²) in [7, 11) is 0. The summed E-state index contributed by atoms with van der Waals surface area (Å²) >= 11 is 1.88. The van der Waals surface area contributed by atoms with Crippen molar-refractivity contribution in [3.8, 4) is 0 Å². The molecule has 1 aromatic carbocycles. The average molecular weight is 222 g/mol. The molecule has 0 bridgehead atoms. The lowest BCUT2D eigenvalue weighted by atomic mass is 10.2. The van der Waals surface area contributed by atoms with Gasteiger partial charge in [-0.05, 0) is 11.6 Å². The van der Waals surface area contributed by atoms with Crippen molar-refractivity contribution in [2.75, 3.05) is 23.8 Å². The van der Waals surface area contributed by atoms with Crippen molar-refractivity contribution >= 4 is 17.4 Å². The van der Waals surface area contributed by atoms with Gasteiger partial charge in [0.1, 0.15) is 0 Å². The quantitative estimate of drug-likeness (QED) is 0.422. The van der Waals surface area contributed by atoms with E-state index in [0.717, 1.165) is 30.3 Å². The van der Waals surface area contributed by atoms with Crippen LogP contribution in [0.3, 0.4) is 0 Å². The number of anilines is 1. The molecule has 0 aromatic heterocycles. The van der Waals surface area contributed by atoms with Crippen LogP contribution in [0.1, 0.15) is 5.56 Å².